The van der Waals surface area contributed by atoms with E-state index in [-0.39, 0.29) is 27.7 Å². The van der Waals surface area contributed by atoms with Crippen LogP contribution in [0.1, 0.15) is 58.1 Å². The molecule has 0 unspecified atom stereocenters. The zero-order valence-corrected chi connectivity index (χ0v) is 20.2. The van der Waals surface area contributed by atoms with Crippen molar-refractivity contribution in [3.05, 3.63) is 40.3 Å². The lowest BCUT2D eigenvalue weighted by Crippen LogP contribution is -2.46. The molecule has 2 saturated heterocycles. The molecule has 2 aliphatic heterocycles. The molecule has 1 atom stereocenters. The van der Waals surface area contributed by atoms with Crippen LogP contribution in [0, 0.1) is 5.92 Å². The molecular weight excluding hydrogens is 452 g/mol. The van der Waals surface area contributed by atoms with E-state index in [1.165, 1.54) is 25.7 Å². The van der Waals surface area contributed by atoms with Crippen LogP contribution in [0.3, 0.4) is 0 Å². The number of anilines is 1. The van der Waals surface area contributed by atoms with E-state index in [9.17, 15) is 14.4 Å². The van der Waals surface area contributed by atoms with E-state index >= 15 is 0 Å². The summed E-state index contributed by atoms with van der Waals surface area (Å²) in [6.07, 6.45) is 6.57. The van der Waals surface area contributed by atoms with Crippen molar-refractivity contribution in [3.63, 3.8) is 0 Å². The summed E-state index contributed by atoms with van der Waals surface area (Å²) >= 11 is 0.971. The topological polar surface area (TPSA) is 108 Å². The van der Waals surface area contributed by atoms with Gasteiger partial charge in [0.15, 0.2) is 0 Å². The molecule has 9 nitrogen and oxygen atoms in total. The van der Waals surface area contributed by atoms with Gasteiger partial charge in [0, 0.05) is 31.9 Å². The number of piperidine rings is 1. The second kappa shape index (κ2) is 12.0. The van der Waals surface area contributed by atoms with Crippen LogP contribution in [0.4, 0.5) is 5.69 Å². The lowest BCUT2D eigenvalue weighted by Gasteiger charge is -2.31. The number of benzene rings is 1. The number of para-hydroxylation sites is 1. The molecule has 1 aromatic heterocycles. The Hall–Kier alpha value is -2.85. The van der Waals surface area contributed by atoms with Crippen LogP contribution >= 0.6 is 11.3 Å². The summed E-state index contributed by atoms with van der Waals surface area (Å²) in [7, 11) is 0. The number of amides is 3. The maximum atomic E-state index is 13.0. The van der Waals surface area contributed by atoms with Gasteiger partial charge in [0.05, 0.1) is 5.92 Å². The zero-order valence-electron chi connectivity index (χ0n) is 19.4. The van der Waals surface area contributed by atoms with Crippen molar-refractivity contribution < 1.29 is 14.4 Å². The Bertz CT molecular complexity index is 974. The van der Waals surface area contributed by atoms with Crippen molar-refractivity contribution in [2.75, 3.05) is 44.6 Å². The van der Waals surface area contributed by atoms with E-state index in [1.54, 1.807) is 17.0 Å². The Morgan fingerprint density at radius 1 is 0.941 bits per heavy atom. The van der Waals surface area contributed by atoms with Gasteiger partial charge < -0.3 is 20.4 Å². The fraction of sp³-hybridized carbons (Fsp3) is 0.542. The van der Waals surface area contributed by atoms with Crippen molar-refractivity contribution in [2.24, 2.45) is 5.92 Å². The van der Waals surface area contributed by atoms with Crippen LogP contribution in [-0.2, 0) is 4.79 Å². The number of hydrogen-bond donors (Lipinski definition) is 2. The van der Waals surface area contributed by atoms with Crippen LogP contribution in [0.15, 0.2) is 30.3 Å². The van der Waals surface area contributed by atoms with Gasteiger partial charge in [0.25, 0.3) is 11.8 Å². The fourth-order valence-corrected chi connectivity index (χ4v) is 5.17. The average Bonchev–Trinajstić information content (AvgIpc) is 3.22. The van der Waals surface area contributed by atoms with Crippen LogP contribution in [0.25, 0.3) is 0 Å². The second-order valence-electron chi connectivity index (χ2n) is 8.87. The van der Waals surface area contributed by atoms with Gasteiger partial charge in [0.2, 0.25) is 15.9 Å². The summed E-state index contributed by atoms with van der Waals surface area (Å²) in [5.41, 5.74) is 0.649. The summed E-state index contributed by atoms with van der Waals surface area (Å²) < 4.78 is 0. The van der Waals surface area contributed by atoms with Gasteiger partial charge >= 0.3 is 0 Å². The highest BCUT2D eigenvalue weighted by atomic mass is 32.1. The van der Waals surface area contributed by atoms with Gasteiger partial charge in [-0.15, -0.1) is 10.2 Å². The van der Waals surface area contributed by atoms with Crippen LogP contribution in [0.5, 0.6) is 0 Å². The highest BCUT2D eigenvalue weighted by Crippen LogP contribution is 2.21. The molecule has 3 amide bonds. The quantitative estimate of drug-likeness (QED) is 0.626. The fourth-order valence-electron chi connectivity index (χ4n) is 4.46. The Morgan fingerprint density at radius 3 is 2.44 bits per heavy atom. The van der Waals surface area contributed by atoms with E-state index in [1.807, 2.05) is 18.2 Å². The molecular formula is C24H32N6O3S. The number of likely N-dealkylation sites (tertiary alicyclic amines) is 2. The van der Waals surface area contributed by atoms with E-state index < -0.39 is 5.91 Å². The first-order chi connectivity index (χ1) is 16.6. The van der Waals surface area contributed by atoms with Gasteiger partial charge in [0.1, 0.15) is 0 Å². The van der Waals surface area contributed by atoms with Crippen molar-refractivity contribution >= 4 is 34.7 Å². The van der Waals surface area contributed by atoms with E-state index in [4.69, 9.17) is 0 Å². The number of rotatable bonds is 7. The summed E-state index contributed by atoms with van der Waals surface area (Å²) in [5.74, 6) is -0.899. The first-order valence-corrected chi connectivity index (χ1v) is 12.9. The lowest BCUT2D eigenvalue weighted by molar-refractivity contribution is -0.126. The number of carbonyl (C=O) groups is 3. The molecule has 0 spiro atoms. The van der Waals surface area contributed by atoms with Crippen molar-refractivity contribution in [1.29, 1.82) is 0 Å². The monoisotopic (exact) mass is 484 g/mol. The van der Waals surface area contributed by atoms with Crippen LogP contribution < -0.4 is 10.6 Å². The second-order valence-corrected chi connectivity index (χ2v) is 9.85. The van der Waals surface area contributed by atoms with E-state index in [0.717, 1.165) is 43.8 Å². The third-order valence-electron chi connectivity index (χ3n) is 6.34. The van der Waals surface area contributed by atoms with E-state index in [2.05, 4.69) is 25.7 Å². The molecule has 1 aromatic carbocycles. The van der Waals surface area contributed by atoms with Gasteiger partial charge in [-0.25, -0.2) is 0 Å². The standard InChI is InChI=1S/C24H32N6O3S/c31-20(25-12-16-29-13-6-1-2-7-14-29)18-9-8-15-30(17-18)24(33)23-28-27-22(34-23)21(32)26-19-10-4-3-5-11-19/h3-5,10-11,18H,1-2,6-9,12-17H2,(H,25,31)(H,26,32)/t18-/m0/s1. The zero-order chi connectivity index (χ0) is 23.8. The summed E-state index contributed by atoms with van der Waals surface area (Å²) in [6, 6.07) is 9.06. The molecule has 182 valence electrons. The lowest BCUT2D eigenvalue weighted by atomic mass is 9.97. The van der Waals surface area contributed by atoms with Gasteiger partial charge in [-0.2, -0.15) is 0 Å². The highest BCUT2D eigenvalue weighted by Gasteiger charge is 2.31. The summed E-state index contributed by atoms with van der Waals surface area (Å²) in [5, 5.41) is 14.0. The molecule has 0 saturated carbocycles. The number of nitrogens with one attached hydrogen (secondary N) is 2. The largest absolute Gasteiger partial charge is 0.355 e. The highest BCUT2D eigenvalue weighted by molar-refractivity contribution is 7.15. The van der Waals surface area contributed by atoms with Gasteiger partial charge in [-0.05, 0) is 50.9 Å². The van der Waals surface area contributed by atoms with Crippen LogP contribution in [-0.4, -0.2) is 77.0 Å². The molecule has 34 heavy (non-hydrogen) atoms. The molecule has 2 aromatic rings. The molecule has 0 radical (unpaired) electrons. The summed E-state index contributed by atoms with van der Waals surface area (Å²) in [4.78, 5) is 42.2. The normalized spacial score (nSPS) is 19.3. The van der Waals surface area contributed by atoms with Crippen molar-refractivity contribution in [3.8, 4) is 0 Å². The molecule has 4 rings (SSSR count). The number of hydrogen-bond acceptors (Lipinski definition) is 7. The molecule has 3 heterocycles. The number of aromatic nitrogens is 2. The average molecular weight is 485 g/mol. The maximum absolute atomic E-state index is 13.0. The van der Waals surface area contributed by atoms with E-state index in [0.29, 0.717) is 25.3 Å². The van der Waals surface area contributed by atoms with Gasteiger partial charge in [-0.3, -0.25) is 14.4 Å². The molecule has 0 bridgehead atoms. The number of carbonyl (C=O) groups excluding carboxylic acids is 3. The molecule has 2 fully saturated rings. The van der Waals surface area contributed by atoms with Crippen molar-refractivity contribution in [2.45, 2.75) is 38.5 Å². The summed E-state index contributed by atoms with van der Waals surface area (Å²) in [6.45, 7) is 4.66. The molecule has 10 heteroatoms. The third kappa shape index (κ3) is 6.60. The molecule has 0 aliphatic carbocycles. The maximum Gasteiger partial charge on any atom is 0.286 e. The first kappa shape index (κ1) is 24.3. The Balaban J connectivity index is 1.26. The van der Waals surface area contributed by atoms with Crippen LogP contribution in [0.2, 0.25) is 0 Å². The molecule has 2 N–H and O–H groups in total. The number of nitrogens with zero attached hydrogens (tertiary/aromatic N) is 4. The predicted molar refractivity (Wildman–Crippen MR) is 131 cm³/mol. The Morgan fingerprint density at radius 2 is 1.68 bits per heavy atom. The predicted octanol–water partition coefficient (Wildman–Crippen LogP) is 2.63. The minimum absolute atomic E-state index is 0.00696. The Kier molecular flexibility index (Phi) is 8.59. The molecule has 2 aliphatic rings. The Labute approximate surface area is 203 Å². The third-order valence-corrected chi connectivity index (χ3v) is 7.25. The minimum Gasteiger partial charge on any atom is -0.355 e. The van der Waals surface area contributed by atoms with Gasteiger partial charge in [-0.1, -0.05) is 42.4 Å². The SMILES string of the molecule is O=C(Nc1ccccc1)c1nnc(C(=O)N2CCC[C@H](C(=O)NCCN3CCCCCC3)C2)s1. The van der Waals surface area contributed by atoms with Crippen molar-refractivity contribution in [1.82, 2.24) is 25.3 Å². The minimum atomic E-state index is -0.400. The first-order valence-electron chi connectivity index (χ1n) is 12.1. The smallest absolute Gasteiger partial charge is 0.286 e.